The summed E-state index contributed by atoms with van der Waals surface area (Å²) in [6, 6.07) is 2.21. The first-order chi connectivity index (χ1) is 9.15. The number of amides is 1. The quantitative estimate of drug-likeness (QED) is 0.893. The normalized spacial score (nSPS) is 18.0. The molecule has 7 heteroatoms. The topological polar surface area (TPSA) is 62.7 Å². The van der Waals surface area contributed by atoms with E-state index < -0.39 is 0 Å². The van der Waals surface area contributed by atoms with E-state index in [0.29, 0.717) is 23.9 Å². The summed E-state index contributed by atoms with van der Waals surface area (Å²) in [6.07, 6.45) is 3.89. The van der Waals surface area contributed by atoms with Crippen LogP contribution in [0.4, 0.5) is 0 Å². The number of rotatable bonds is 5. The fraction of sp³-hybridized carbons (Fsp3) is 0.643. The van der Waals surface area contributed by atoms with Crippen LogP contribution in [0, 0.1) is 0 Å². The molecule has 5 nitrogen and oxygen atoms in total. The van der Waals surface area contributed by atoms with Crippen molar-refractivity contribution in [3.63, 3.8) is 0 Å². The Labute approximate surface area is 138 Å². The minimum absolute atomic E-state index is 0. The summed E-state index contributed by atoms with van der Waals surface area (Å²) in [5.41, 5.74) is 6.07. The summed E-state index contributed by atoms with van der Waals surface area (Å²) >= 11 is 0. The van der Waals surface area contributed by atoms with Crippen LogP contribution < -0.4 is 5.73 Å². The van der Waals surface area contributed by atoms with Crippen molar-refractivity contribution in [3.8, 4) is 0 Å². The van der Waals surface area contributed by atoms with Crippen LogP contribution in [0.15, 0.2) is 16.7 Å². The maximum atomic E-state index is 12.3. The molecule has 1 aromatic rings. The lowest BCUT2D eigenvalue weighted by Crippen LogP contribution is -2.41. The molecule has 1 unspecified atom stereocenters. The van der Waals surface area contributed by atoms with Crippen molar-refractivity contribution in [2.45, 2.75) is 32.4 Å². The summed E-state index contributed by atoms with van der Waals surface area (Å²) in [5.74, 6) is 0.652. The number of likely N-dealkylation sites (N-methyl/N-ethyl adjacent to an activating group) is 2. The van der Waals surface area contributed by atoms with Gasteiger partial charge < -0.3 is 15.1 Å². The van der Waals surface area contributed by atoms with Crippen LogP contribution in [0.25, 0.3) is 0 Å². The molecule has 2 rings (SSSR count). The number of furan rings is 1. The SMILES string of the molecule is CCN1CCCC1CN(C)C(=O)c1coc(CN)c1.Cl.Cl. The molecule has 1 atom stereocenters. The molecule has 0 bridgehead atoms. The van der Waals surface area contributed by atoms with Gasteiger partial charge in [0.05, 0.1) is 12.1 Å². The highest BCUT2D eigenvalue weighted by Crippen LogP contribution is 2.18. The molecule has 1 aromatic heterocycles. The van der Waals surface area contributed by atoms with Gasteiger partial charge in [0.1, 0.15) is 12.0 Å². The molecular formula is C14H25Cl2N3O2. The van der Waals surface area contributed by atoms with Gasteiger partial charge in [-0.1, -0.05) is 6.92 Å². The molecule has 2 heterocycles. The number of nitrogens with two attached hydrogens (primary N) is 1. The van der Waals surface area contributed by atoms with Crippen LogP contribution in [0.2, 0.25) is 0 Å². The standard InChI is InChI=1S/C14H23N3O2.2ClH/c1-3-17-6-4-5-12(17)9-16(2)14(18)11-7-13(8-15)19-10-11;;/h7,10,12H,3-6,8-9,15H2,1-2H3;2*1H. The molecule has 0 saturated carbocycles. The van der Waals surface area contributed by atoms with E-state index in [9.17, 15) is 4.79 Å². The molecule has 1 saturated heterocycles. The zero-order valence-corrected chi connectivity index (χ0v) is 14.2. The van der Waals surface area contributed by atoms with E-state index in [1.165, 1.54) is 19.1 Å². The predicted molar refractivity (Wildman–Crippen MR) is 88.3 cm³/mol. The first-order valence-corrected chi connectivity index (χ1v) is 6.92. The van der Waals surface area contributed by atoms with Crippen molar-refractivity contribution in [2.75, 3.05) is 26.7 Å². The first-order valence-electron chi connectivity index (χ1n) is 6.92. The van der Waals surface area contributed by atoms with E-state index in [1.807, 2.05) is 7.05 Å². The molecule has 21 heavy (non-hydrogen) atoms. The van der Waals surface area contributed by atoms with Crippen LogP contribution >= 0.6 is 24.8 Å². The van der Waals surface area contributed by atoms with Crippen molar-refractivity contribution in [2.24, 2.45) is 5.73 Å². The summed E-state index contributed by atoms with van der Waals surface area (Å²) in [5, 5.41) is 0. The van der Waals surface area contributed by atoms with E-state index in [1.54, 1.807) is 11.0 Å². The third-order valence-corrected chi connectivity index (χ3v) is 3.84. The van der Waals surface area contributed by atoms with Gasteiger partial charge in [-0.2, -0.15) is 0 Å². The molecule has 2 N–H and O–H groups in total. The zero-order chi connectivity index (χ0) is 13.8. The molecule has 0 spiro atoms. The van der Waals surface area contributed by atoms with Gasteiger partial charge in [0.2, 0.25) is 0 Å². The van der Waals surface area contributed by atoms with E-state index in [-0.39, 0.29) is 30.7 Å². The number of nitrogens with zero attached hydrogens (tertiary/aromatic N) is 2. The molecule has 0 aliphatic carbocycles. The highest BCUT2D eigenvalue weighted by molar-refractivity contribution is 5.93. The average molecular weight is 338 g/mol. The van der Waals surface area contributed by atoms with E-state index in [2.05, 4.69) is 11.8 Å². The van der Waals surface area contributed by atoms with Crippen LogP contribution in [-0.2, 0) is 6.54 Å². The van der Waals surface area contributed by atoms with Gasteiger partial charge in [0.15, 0.2) is 0 Å². The van der Waals surface area contributed by atoms with Crippen molar-refractivity contribution in [1.82, 2.24) is 9.80 Å². The Bertz CT molecular complexity index is 440. The smallest absolute Gasteiger partial charge is 0.256 e. The Morgan fingerprint density at radius 1 is 1.52 bits per heavy atom. The third kappa shape index (κ3) is 4.88. The Kier molecular flexibility index (Phi) is 8.97. The predicted octanol–water partition coefficient (Wildman–Crippen LogP) is 2.14. The molecule has 1 aliphatic rings. The maximum absolute atomic E-state index is 12.3. The average Bonchev–Trinajstić information content (AvgIpc) is 3.06. The zero-order valence-electron chi connectivity index (χ0n) is 12.6. The van der Waals surface area contributed by atoms with Gasteiger partial charge in [0, 0.05) is 19.6 Å². The first kappa shape index (κ1) is 20.2. The maximum Gasteiger partial charge on any atom is 0.256 e. The van der Waals surface area contributed by atoms with Crippen molar-refractivity contribution in [3.05, 3.63) is 23.7 Å². The highest BCUT2D eigenvalue weighted by atomic mass is 35.5. The van der Waals surface area contributed by atoms with E-state index in [0.717, 1.165) is 19.6 Å². The number of halogens is 2. The fourth-order valence-corrected chi connectivity index (χ4v) is 2.74. The lowest BCUT2D eigenvalue weighted by Gasteiger charge is -2.27. The number of hydrogen-bond acceptors (Lipinski definition) is 4. The molecule has 1 fully saturated rings. The number of carbonyl (C=O) groups is 1. The van der Waals surface area contributed by atoms with Crippen LogP contribution in [0.3, 0.4) is 0 Å². The third-order valence-electron chi connectivity index (χ3n) is 3.84. The van der Waals surface area contributed by atoms with E-state index in [4.69, 9.17) is 10.2 Å². The van der Waals surface area contributed by atoms with Crippen molar-refractivity contribution < 1.29 is 9.21 Å². The van der Waals surface area contributed by atoms with Crippen LogP contribution in [0.1, 0.15) is 35.9 Å². The molecule has 1 aliphatic heterocycles. The number of hydrogen-bond donors (Lipinski definition) is 1. The minimum Gasteiger partial charge on any atom is -0.467 e. The second kappa shape index (κ2) is 9.30. The second-order valence-corrected chi connectivity index (χ2v) is 5.12. The summed E-state index contributed by atoms with van der Waals surface area (Å²) in [4.78, 5) is 16.5. The Hall–Kier alpha value is -0.750. The molecular weight excluding hydrogens is 313 g/mol. The number of likely N-dealkylation sites (tertiary alicyclic amines) is 1. The molecule has 122 valence electrons. The summed E-state index contributed by atoms with van der Waals surface area (Å²) < 4.78 is 5.21. The van der Waals surface area contributed by atoms with Gasteiger partial charge in [0.25, 0.3) is 5.91 Å². The highest BCUT2D eigenvalue weighted by Gasteiger charge is 2.26. The van der Waals surface area contributed by atoms with Gasteiger partial charge in [-0.15, -0.1) is 24.8 Å². The molecule has 0 aromatic carbocycles. The largest absolute Gasteiger partial charge is 0.467 e. The van der Waals surface area contributed by atoms with Gasteiger partial charge in [-0.25, -0.2) is 0 Å². The van der Waals surface area contributed by atoms with Crippen LogP contribution in [-0.4, -0.2) is 48.4 Å². The van der Waals surface area contributed by atoms with Gasteiger partial charge in [-0.3, -0.25) is 9.69 Å². The lowest BCUT2D eigenvalue weighted by atomic mass is 10.2. The fourth-order valence-electron chi connectivity index (χ4n) is 2.74. The molecule has 0 radical (unpaired) electrons. The number of carbonyl (C=O) groups excluding carboxylic acids is 1. The van der Waals surface area contributed by atoms with Gasteiger partial charge in [-0.05, 0) is 32.0 Å². The minimum atomic E-state index is 0. The second-order valence-electron chi connectivity index (χ2n) is 5.12. The van der Waals surface area contributed by atoms with E-state index >= 15 is 0 Å². The Morgan fingerprint density at radius 2 is 2.24 bits per heavy atom. The Morgan fingerprint density at radius 3 is 2.81 bits per heavy atom. The Balaban J connectivity index is 0.00000200. The summed E-state index contributed by atoms with van der Waals surface area (Å²) in [6.45, 7) is 5.46. The summed E-state index contributed by atoms with van der Waals surface area (Å²) in [7, 11) is 1.85. The molecule has 1 amide bonds. The monoisotopic (exact) mass is 337 g/mol. The van der Waals surface area contributed by atoms with Crippen molar-refractivity contribution >= 4 is 30.7 Å². The van der Waals surface area contributed by atoms with Crippen molar-refractivity contribution in [1.29, 1.82) is 0 Å². The van der Waals surface area contributed by atoms with Crippen LogP contribution in [0.5, 0.6) is 0 Å². The van der Waals surface area contributed by atoms with Gasteiger partial charge >= 0.3 is 0 Å². The lowest BCUT2D eigenvalue weighted by molar-refractivity contribution is 0.0754.